The molecule has 0 bridgehead atoms. The summed E-state index contributed by atoms with van der Waals surface area (Å²) in [6.07, 6.45) is -5.96. The van der Waals surface area contributed by atoms with Gasteiger partial charge in [0.2, 0.25) is 0 Å². The van der Waals surface area contributed by atoms with Crippen LogP contribution in [0.25, 0.3) is 0 Å². The lowest BCUT2D eigenvalue weighted by molar-refractivity contribution is -0.336. The number of nitrogens with zero attached hydrogens (tertiary/aromatic N) is 1. The van der Waals surface area contributed by atoms with Gasteiger partial charge >= 0.3 is 12.1 Å². The summed E-state index contributed by atoms with van der Waals surface area (Å²) in [6, 6.07) is 8.97. The summed E-state index contributed by atoms with van der Waals surface area (Å²) < 4.78 is 67.7. The zero-order valence-corrected chi connectivity index (χ0v) is 14.0. The van der Waals surface area contributed by atoms with E-state index in [1.165, 1.54) is 12.1 Å². The molecule has 0 spiro atoms. The van der Waals surface area contributed by atoms with Gasteiger partial charge in [-0.3, -0.25) is 0 Å². The van der Waals surface area contributed by atoms with Gasteiger partial charge in [-0.2, -0.15) is 22.0 Å². The molecular weight excluding hydrogens is 365 g/mol. The maximum absolute atomic E-state index is 14.3. The quantitative estimate of drug-likeness (QED) is 0.768. The molecule has 8 heteroatoms. The van der Waals surface area contributed by atoms with Crippen molar-refractivity contribution in [1.29, 1.82) is 0 Å². The van der Waals surface area contributed by atoms with E-state index in [-0.39, 0.29) is 5.02 Å². The molecule has 2 aromatic rings. The highest BCUT2D eigenvalue weighted by molar-refractivity contribution is 6.30. The van der Waals surface area contributed by atoms with Crippen LogP contribution in [-0.4, -0.2) is 31.3 Å². The first-order valence-corrected chi connectivity index (χ1v) is 7.50. The van der Waals surface area contributed by atoms with Gasteiger partial charge in [0, 0.05) is 24.8 Å². The van der Waals surface area contributed by atoms with E-state index in [1.807, 2.05) is 0 Å². The Kier molecular flexibility index (Phi) is 5.03. The molecule has 0 fully saturated rings. The van der Waals surface area contributed by atoms with E-state index in [0.717, 1.165) is 36.4 Å². The van der Waals surface area contributed by atoms with Gasteiger partial charge in [-0.15, -0.1) is 0 Å². The Morgan fingerprint density at radius 1 is 0.800 bits per heavy atom. The summed E-state index contributed by atoms with van der Waals surface area (Å²) >= 11 is 5.67. The second kappa shape index (κ2) is 6.46. The van der Waals surface area contributed by atoms with Crippen LogP contribution >= 0.6 is 11.6 Å². The largest absolute Gasteiger partial charge is 0.457 e. The first-order chi connectivity index (χ1) is 11.4. The van der Waals surface area contributed by atoms with Crippen molar-refractivity contribution in [1.82, 2.24) is 0 Å². The van der Waals surface area contributed by atoms with Gasteiger partial charge in [0.15, 0.2) is 5.60 Å². The second-order valence-electron chi connectivity index (χ2n) is 5.73. The third-order valence-electron chi connectivity index (χ3n) is 3.87. The van der Waals surface area contributed by atoms with E-state index in [0.29, 0.717) is 5.69 Å². The van der Waals surface area contributed by atoms with Gasteiger partial charge < -0.3 is 10.0 Å². The summed E-state index contributed by atoms with van der Waals surface area (Å²) in [4.78, 5) is 1.65. The first-order valence-electron chi connectivity index (χ1n) is 7.12. The highest BCUT2D eigenvalue weighted by atomic mass is 35.5. The molecule has 1 atom stereocenters. The Morgan fingerprint density at radius 2 is 1.20 bits per heavy atom. The van der Waals surface area contributed by atoms with Crippen LogP contribution in [0.15, 0.2) is 48.5 Å². The summed E-state index contributed by atoms with van der Waals surface area (Å²) in [5.41, 5.74) is -4.21. The van der Waals surface area contributed by atoms with Gasteiger partial charge in [0.1, 0.15) is 0 Å². The lowest BCUT2D eigenvalue weighted by Crippen LogP contribution is -2.55. The van der Waals surface area contributed by atoms with E-state index in [2.05, 4.69) is 0 Å². The summed E-state index contributed by atoms with van der Waals surface area (Å²) in [7, 11) is 3.37. The molecule has 0 aliphatic rings. The third kappa shape index (κ3) is 3.30. The molecule has 0 saturated heterocycles. The first kappa shape index (κ1) is 19.5. The third-order valence-corrected chi connectivity index (χ3v) is 4.13. The molecular formula is C17H15ClF5NO. The van der Waals surface area contributed by atoms with Crippen molar-refractivity contribution in [2.45, 2.75) is 17.7 Å². The minimum Gasteiger partial charge on any atom is -0.378 e. The minimum absolute atomic E-state index is 0.143. The Hall–Kier alpha value is -1.86. The fourth-order valence-electron chi connectivity index (χ4n) is 2.43. The van der Waals surface area contributed by atoms with E-state index < -0.39 is 28.8 Å². The van der Waals surface area contributed by atoms with E-state index in [1.54, 1.807) is 19.0 Å². The van der Waals surface area contributed by atoms with Gasteiger partial charge in [-0.25, -0.2) is 0 Å². The van der Waals surface area contributed by atoms with Crippen LogP contribution in [0.5, 0.6) is 0 Å². The monoisotopic (exact) mass is 379 g/mol. The van der Waals surface area contributed by atoms with Crippen molar-refractivity contribution in [2.24, 2.45) is 0 Å². The Bertz CT molecular complexity index is 728. The Morgan fingerprint density at radius 3 is 1.56 bits per heavy atom. The number of alkyl halides is 5. The van der Waals surface area contributed by atoms with E-state index >= 15 is 0 Å². The standard InChI is InChI=1S/C17H15ClF5NO/c1-24(2)14-9-5-12(6-10-14)15(25,16(19,20)17(21,22)23)11-3-7-13(18)8-4-11/h3-10,25H,1-2H3. The lowest BCUT2D eigenvalue weighted by Gasteiger charge is -2.37. The molecule has 2 aromatic carbocycles. The molecule has 0 aromatic heterocycles. The maximum atomic E-state index is 14.3. The van der Waals surface area contributed by atoms with Crippen molar-refractivity contribution < 1.29 is 27.1 Å². The van der Waals surface area contributed by atoms with Crippen molar-refractivity contribution in [3.8, 4) is 0 Å². The second-order valence-corrected chi connectivity index (χ2v) is 6.17. The van der Waals surface area contributed by atoms with Crippen molar-refractivity contribution >= 4 is 17.3 Å². The topological polar surface area (TPSA) is 23.5 Å². The Balaban J connectivity index is 2.70. The van der Waals surface area contributed by atoms with Gasteiger partial charge in [-0.05, 0) is 35.4 Å². The SMILES string of the molecule is CN(C)c1ccc(C(O)(c2ccc(Cl)cc2)C(F)(F)C(F)(F)F)cc1. The number of anilines is 1. The average molecular weight is 380 g/mol. The molecule has 2 rings (SSSR count). The summed E-state index contributed by atoms with van der Waals surface area (Å²) in [5.74, 6) is -5.42. The fraction of sp³-hybridized carbons (Fsp3) is 0.294. The fourth-order valence-corrected chi connectivity index (χ4v) is 2.55. The van der Waals surface area contributed by atoms with Crippen LogP contribution in [-0.2, 0) is 5.60 Å². The molecule has 25 heavy (non-hydrogen) atoms. The summed E-state index contributed by atoms with van der Waals surface area (Å²) in [5, 5.41) is 10.8. The molecule has 2 nitrogen and oxygen atoms in total. The van der Waals surface area contributed by atoms with Crippen LogP contribution in [0.4, 0.5) is 27.6 Å². The molecule has 1 N–H and O–H groups in total. The van der Waals surface area contributed by atoms with Gasteiger partial charge in [-0.1, -0.05) is 35.9 Å². The number of hydrogen-bond acceptors (Lipinski definition) is 2. The number of benzene rings is 2. The van der Waals surface area contributed by atoms with E-state index in [9.17, 15) is 27.1 Å². The average Bonchev–Trinajstić information content (AvgIpc) is 2.53. The predicted molar refractivity (Wildman–Crippen MR) is 86.2 cm³/mol. The predicted octanol–water partition coefficient (Wildman–Crippen LogP) is 4.84. The van der Waals surface area contributed by atoms with Crippen molar-refractivity contribution in [3.05, 3.63) is 64.7 Å². The van der Waals surface area contributed by atoms with Crippen LogP contribution in [0.2, 0.25) is 5.02 Å². The summed E-state index contributed by atoms with van der Waals surface area (Å²) in [6.45, 7) is 0. The number of rotatable bonds is 4. The molecule has 0 radical (unpaired) electrons. The van der Waals surface area contributed by atoms with Crippen molar-refractivity contribution in [3.63, 3.8) is 0 Å². The molecule has 1 unspecified atom stereocenters. The molecule has 0 aliphatic heterocycles. The van der Waals surface area contributed by atoms with Gasteiger partial charge in [0.05, 0.1) is 0 Å². The zero-order valence-electron chi connectivity index (χ0n) is 13.3. The molecule has 0 heterocycles. The molecule has 0 saturated carbocycles. The molecule has 0 aliphatic carbocycles. The maximum Gasteiger partial charge on any atom is 0.457 e. The van der Waals surface area contributed by atoms with Crippen LogP contribution < -0.4 is 4.90 Å². The van der Waals surface area contributed by atoms with Crippen molar-refractivity contribution in [2.75, 3.05) is 19.0 Å². The number of hydrogen-bond donors (Lipinski definition) is 1. The minimum atomic E-state index is -5.96. The van der Waals surface area contributed by atoms with Crippen LogP contribution in [0, 0.1) is 0 Å². The lowest BCUT2D eigenvalue weighted by atomic mass is 9.80. The molecule has 0 amide bonds. The van der Waals surface area contributed by atoms with E-state index in [4.69, 9.17) is 11.6 Å². The normalized spacial score (nSPS) is 14.9. The zero-order chi connectivity index (χ0) is 19.0. The number of halogens is 6. The highest BCUT2D eigenvalue weighted by Crippen LogP contribution is 2.51. The van der Waals surface area contributed by atoms with Gasteiger partial charge in [0.25, 0.3) is 0 Å². The Labute approximate surface area is 146 Å². The highest BCUT2D eigenvalue weighted by Gasteiger charge is 2.71. The van der Waals surface area contributed by atoms with Crippen LogP contribution in [0.1, 0.15) is 11.1 Å². The smallest absolute Gasteiger partial charge is 0.378 e. The number of aliphatic hydroxyl groups is 1. The molecule has 136 valence electrons. The van der Waals surface area contributed by atoms with Crippen LogP contribution in [0.3, 0.4) is 0 Å².